The number of aliphatic hydroxyl groups is 1. The molecule has 2 N–H and O–H groups in total. The van der Waals surface area contributed by atoms with Crippen LogP contribution in [-0.2, 0) is 16.6 Å². The van der Waals surface area contributed by atoms with E-state index >= 15 is 0 Å². The lowest BCUT2D eigenvalue weighted by Crippen LogP contribution is -2.37. The minimum Gasteiger partial charge on any atom is -0.392 e. The molecule has 1 aromatic rings. The van der Waals surface area contributed by atoms with E-state index in [1.54, 1.807) is 24.3 Å². The van der Waals surface area contributed by atoms with Crippen LogP contribution in [-0.4, -0.2) is 19.6 Å². The third-order valence-corrected chi connectivity index (χ3v) is 5.98. The lowest BCUT2D eigenvalue weighted by atomic mass is 9.94. The van der Waals surface area contributed by atoms with Gasteiger partial charge in [-0.1, -0.05) is 32.4 Å². The number of nitrogens with one attached hydrogen (secondary N) is 1. The zero-order valence-electron chi connectivity index (χ0n) is 12.0. The van der Waals surface area contributed by atoms with E-state index in [1.165, 1.54) is 0 Å². The Kier molecular flexibility index (Phi) is 4.83. The van der Waals surface area contributed by atoms with Gasteiger partial charge >= 0.3 is 0 Å². The molecule has 1 aliphatic rings. The Morgan fingerprint density at radius 3 is 2.40 bits per heavy atom. The standard InChI is InChI=1S/C15H23NO3S/c1-3-13-6-9-15(11(13)2)16-20(18,19)14-7-4-12(10-17)5-8-14/h4-5,7-8,11,13,15-17H,3,6,9-10H2,1-2H3. The molecule has 1 aromatic carbocycles. The predicted molar refractivity (Wildman–Crippen MR) is 78.7 cm³/mol. The topological polar surface area (TPSA) is 66.4 Å². The van der Waals surface area contributed by atoms with E-state index in [2.05, 4.69) is 18.6 Å². The Hall–Kier alpha value is -0.910. The molecule has 4 nitrogen and oxygen atoms in total. The fraction of sp³-hybridized carbons (Fsp3) is 0.600. The first-order valence-electron chi connectivity index (χ1n) is 7.20. The van der Waals surface area contributed by atoms with Gasteiger partial charge in [0.05, 0.1) is 11.5 Å². The molecule has 0 spiro atoms. The molecular weight excluding hydrogens is 274 g/mol. The van der Waals surface area contributed by atoms with Crippen LogP contribution in [0.5, 0.6) is 0 Å². The molecule has 0 bridgehead atoms. The minimum absolute atomic E-state index is 0.0301. The summed E-state index contributed by atoms with van der Waals surface area (Å²) in [6.45, 7) is 4.21. The van der Waals surface area contributed by atoms with Crippen LogP contribution >= 0.6 is 0 Å². The molecule has 1 saturated carbocycles. The van der Waals surface area contributed by atoms with Gasteiger partial charge in [-0.2, -0.15) is 0 Å². The second-order valence-electron chi connectivity index (χ2n) is 5.63. The highest BCUT2D eigenvalue weighted by Crippen LogP contribution is 2.34. The van der Waals surface area contributed by atoms with Gasteiger partial charge in [-0.3, -0.25) is 0 Å². The number of rotatable bonds is 5. The second kappa shape index (κ2) is 6.24. The Bertz CT molecular complexity index is 539. The zero-order valence-corrected chi connectivity index (χ0v) is 12.9. The molecule has 0 aliphatic heterocycles. The second-order valence-corrected chi connectivity index (χ2v) is 7.35. The highest BCUT2D eigenvalue weighted by Gasteiger charge is 2.34. The molecule has 0 saturated heterocycles. The maximum Gasteiger partial charge on any atom is 0.240 e. The summed E-state index contributed by atoms with van der Waals surface area (Å²) < 4.78 is 27.5. The van der Waals surface area contributed by atoms with E-state index in [0.29, 0.717) is 17.4 Å². The third-order valence-electron chi connectivity index (χ3n) is 4.47. The first kappa shape index (κ1) is 15.5. The van der Waals surface area contributed by atoms with Crippen LogP contribution < -0.4 is 4.72 Å². The number of benzene rings is 1. The molecular formula is C15H23NO3S. The molecule has 2 rings (SSSR count). The van der Waals surface area contributed by atoms with Crippen LogP contribution in [0, 0.1) is 11.8 Å². The Morgan fingerprint density at radius 2 is 1.90 bits per heavy atom. The molecule has 1 fully saturated rings. The summed E-state index contributed by atoms with van der Waals surface area (Å²) in [7, 11) is -3.46. The van der Waals surface area contributed by atoms with Gasteiger partial charge in [-0.05, 0) is 42.4 Å². The summed E-state index contributed by atoms with van der Waals surface area (Å²) in [4.78, 5) is 0.266. The number of sulfonamides is 1. The van der Waals surface area contributed by atoms with Crippen LogP contribution in [0.4, 0.5) is 0 Å². The quantitative estimate of drug-likeness (QED) is 0.876. The maximum absolute atomic E-state index is 12.4. The fourth-order valence-corrected chi connectivity index (χ4v) is 4.39. The average molecular weight is 297 g/mol. The SMILES string of the molecule is CCC1CCC(NS(=O)(=O)c2ccc(CO)cc2)C1C. The molecule has 3 atom stereocenters. The van der Waals surface area contributed by atoms with Crippen molar-refractivity contribution < 1.29 is 13.5 Å². The predicted octanol–water partition coefficient (Wildman–Crippen LogP) is 2.28. The van der Waals surface area contributed by atoms with Gasteiger partial charge in [0.25, 0.3) is 0 Å². The van der Waals surface area contributed by atoms with Gasteiger partial charge in [0.15, 0.2) is 0 Å². The number of hydrogen-bond donors (Lipinski definition) is 2. The Morgan fingerprint density at radius 1 is 1.25 bits per heavy atom. The highest BCUT2D eigenvalue weighted by molar-refractivity contribution is 7.89. The summed E-state index contributed by atoms with van der Waals surface area (Å²) in [6, 6.07) is 6.40. The molecule has 3 unspecified atom stereocenters. The Balaban J connectivity index is 2.11. The molecule has 0 radical (unpaired) electrons. The van der Waals surface area contributed by atoms with Gasteiger partial charge < -0.3 is 5.11 Å². The monoisotopic (exact) mass is 297 g/mol. The van der Waals surface area contributed by atoms with Crippen molar-refractivity contribution in [3.05, 3.63) is 29.8 Å². The lowest BCUT2D eigenvalue weighted by molar-refractivity contribution is 0.282. The minimum atomic E-state index is -3.46. The average Bonchev–Trinajstić information content (AvgIpc) is 2.79. The number of aliphatic hydroxyl groups excluding tert-OH is 1. The van der Waals surface area contributed by atoms with Crippen LogP contribution in [0.25, 0.3) is 0 Å². The Labute approximate surface area is 121 Å². The summed E-state index contributed by atoms with van der Waals surface area (Å²) in [6.07, 6.45) is 3.10. The van der Waals surface area contributed by atoms with Crippen LogP contribution in [0.3, 0.4) is 0 Å². The van der Waals surface area contributed by atoms with E-state index in [-0.39, 0.29) is 17.5 Å². The molecule has 112 valence electrons. The summed E-state index contributed by atoms with van der Waals surface area (Å²) in [5, 5.41) is 8.99. The first-order valence-corrected chi connectivity index (χ1v) is 8.68. The van der Waals surface area contributed by atoms with Crippen molar-refractivity contribution in [1.29, 1.82) is 0 Å². The summed E-state index contributed by atoms with van der Waals surface area (Å²) >= 11 is 0. The molecule has 1 aliphatic carbocycles. The van der Waals surface area contributed by atoms with Gasteiger partial charge in [0, 0.05) is 6.04 Å². The molecule has 0 aromatic heterocycles. The molecule has 20 heavy (non-hydrogen) atoms. The summed E-state index contributed by atoms with van der Waals surface area (Å²) in [5.74, 6) is 0.992. The molecule has 0 amide bonds. The third kappa shape index (κ3) is 3.22. The van der Waals surface area contributed by atoms with Crippen molar-refractivity contribution in [3.63, 3.8) is 0 Å². The van der Waals surface area contributed by atoms with Gasteiger partial charge in [0.1, 0.15) is 0 Å². The largest absolute Gasteiger partial charge is 0.392 e. The van der Waals surface area contributed by atoms with E-state index in [9.17, 15) is 8.42 Å². The van der Waals surface area contributed by atoms with Gasteiger partial charge in [0.2, 0.25) is 10.0 Å². The number of hydrogen-bond acceptors (Lipinski definition) is 3. The highest BCUT2D eigenvalue weighted by atomic mass is 32.2. The van der Waals surface area contributed by atoms with Crippen molar-refractivity contribution in [2.75, 3.05) is 0 Å². The molecule has 5 heteroatoms. The van der Waals surface area contributed by atoms with Gasteiger partial charge in [-0.25, -0.2) is 13.1 Å². The molecule has 0 heterocycles. The van der Waals surface area contributed by atoms with Crippen LogP contribution in [0.2, 0.25) is 0 Å². The van der Waals surface area contributed by atoms with E-state index in [4.69, 9.17) is 5.11 Å². The van der Waals surface area contributed by atoms with Crippen LogP contribution in [0.15, 0.2) is 29.2 Å². The van der Waals surface area contributed by atoms with Gasteiger partial charge in [-0.15, -0.1) is 0 Å². The van der Waals surface area contributed by atoms with E-state index in [1.807, 2.05) is 0 Å². The van der Waals surface area contributed by atoms with Crippen molar-refractivity contribution in [2.45, 2.75) is 50.7 Å². The zero-order chi connectivity index (χ0) is 14.8. The van der Waals surface area contributed by atoms with E-state index in [0.717, 1.165) is 19.3 Å². The summed E-state index contributed by atoms with van der Waals surface area (Å²) in [5.41, 5.74) is 0.712. The first-order chi connectivity index (χ1) is 9.47. The van der Waals surface area contributed by atoms with Crippen LogP contribution in [0.1, 0.15) is 38.7 Å². The van der Waals surface area contributed by atoms with Crippen molar-refractivity contribution in [1.82, 2.24) is 4.72 Å². The normalized spacial score (nSPS) is 26.9. The fourth-order valence-electron chi connectivity index (χ4n) is 3.03. The smallest absolute Gasteiger partial charge is 0.240 e. The van der Waals surface area contributed by atoms with Crippen molar-refractivity contribution >= 4 is 10.0 Å². The maximum atomic E-state index is 12.4. The van der Waals surface area contributed by atoms with E-state index < -0.39 is 10.0 Å². The van der Waals surface area contributed by atoms with Crippen molar-refractivity contribution in [3.8, 4) is 0 Å². The lowest BCUT2D eigenvalue weighted by Gasteiger charge is -2.21. The van der Waals surface area contributed by atoms with Crippen molar-refractivity contribution in [2.24, 2.45) is 11.8 Å².